The maximum Gasteiger partial charge on any atom is 0.410 e. The Morgan fingerprint density at radius 1 is 1.06 bits per heavy atom. The van der Waals surface area contributed by atoms with Crippen LogP contribution in [-0.2, 0) is 27.3 Å². The Morgan fingerprint density at radius 2 is 1.77 bits per heavy atom. The van der Waals surface area contributed by atoms with Gasteiger partial charge in [0.1, 0.15) is 23.0 Å². The number of aromatic nitrogens is 2. The Kier molecular flexibility index (Phi) is 12.1. The average Bonchev–Trinajstić information content (AvgIpc) is 3.45. The van der Waals surface area contributed by atoms with Crippen LogP contribution in [0, 0.1) is 5.82 Å². The summed E-state index contributed by atoms with van der Waals surface area (Å²) in [5.41, 5.74) is 2.37. The highest BCUT2D eigenvalue weighted by molar-refractivity contribution is 9.10. The molecule has 0 saturated carbocycles. The number of carbonyl (C=O) groups excluding carboxylic acids is 4. The number of piperazine rings is 1. The lowest BCUT2D eigenvalue weighted by molar-refractivity contribution is -0.136. The van der Waals surface area contributed by atoms with Crippen LogP contribution in [0.25, 0.3) is 10.9 Å². The average molecular weight is 815 g/mol. The zero-order valence-electron chi connectivity index (χ0n) is 30.4. The summed E-state index contributed by atoms with van der Waals surface area (Å²) in [4.78, 5) is 64.4. The van der Waals surface area contributed by atoms with Crippen molar-refractivity contribution in [1.29, 1.82) is 0 Å². The number of rotatable bonds is 12. The summed E-state index contributed by atoms with van der Waals surface area (Å²) in [6.07, 6.45) is 7.16. The van der Waals surface area contributed by atoms with Crippen LogP contribution in [0.1, 0.15) is 93.6 Å². The van der Waals surface area contributed by atoms with E-state index in [4.69, 9.17) is 21.3 Å². The number of carbonyl (C=O) groups is 4. The van der Waals surface area contributed by atoms with Crippen molar-refractivity contribution >= 4 is 74.0 Å². The van der Waals surface area contributed by atoms with Crippen LogP contribution < -0.4 is 15.5 Å². The maximum absolute atomic E-state index is 15.4. The SMILES string of the molecule is CC(C)(C)OC(=O)N1CCN(c2nc(NCCCCCCCCc3cccc4c3CN(C3CCC(=O)NC3=O)C4=O)nc3c(F)c(Br)c(Cl)cc23)CC1. The van der Waals surface area contributed by atoms with Gasteiger partial charge in [0.05, 0.1) is 9.50 Å². The largest absolute Gasteiger partial charge is 0.444 e. The third-order valence-electron chi connectivity index (χ3n) is 9.87. The lowest BCUT2D eigenvalue weighted by atomic mass is 9.98. The van der Waals surface area contributed by atoms with E-state index in [0.29, 0.717) is 68.4 Å². The summed E-state index contributed by atoms with van der Waals surface area (Å²) in [5, 5.41) is 6.39. The van der Waals surface area contributed by atoms with Crippen LogP contribution in [0.3, 0.4) is 0 Å². The second-order valence-corrected chi connectivity index (χ2v) is 16.0. The molecule has 1 atom stereocenters. The number of piperidine rings is 1. The standard InChI is InChI=1S/C38H46BrClFN7O5/c1-38(2,3)53-37(52)47-19-17-46(18-20-47)33-25-21-27(40)30(39)31(41)32(25)44-36(45-33)42-16-9-7-5-4-6-8-11-23-12-10-13-24-26(23)22-48(35(24)51)28-14-15-29(49)43-34(28)50/h10,12-13,21,28H,4-9,11,14-20,22H2,1-3H3,(H,42,44,45)(H,43,49,50). The van der Waals surface area contributed by atoms with Crippen LogP contribution in [-0.4, -0.2) is 87.9 Å². The molecular formula is C38H46BrClFN7O5. The van der Waals surface area contributed by atoms with Crippen molar-refractivity contribution in [2.45, 2.75) is 96.7 Å². The lowest BCUT2D eigenvalue weighted by Gasteiger charge is -2.36. The molecule has 53 heavy (non-hydrogen) atoms. The monoisotopic (exact) mass is 813 g/mol. The molecule has 4 heterocycles. The molecule has 0 bridgehead atoms. The zero-order valence-corrected chi connectivity index (χ0v) is 32.7. The van der Waals surface area contributed by atoms with Crippen LogP contribution in [0.15, 0.2) is 28.7 Å². The number of halogens is 3. The molecule has 284 valence electrons. The van der Waals surface area contributed by atoms with Gasteiger partial charge < -0.3 is 24.8 Å². The topological polar surface area (TPSA) is 137 Å². The first-order valence-electron chi connectivity index (χ1n) is 18.4. The molecule has 0 spiro atoms. The molecule has 0 radical (unpaired) electrons. The summed E-state index contributed by atoms with van der Waals surface area (Å²) in [5.74, 6) is -0.484. The van der Waals surface area contributed by atoms with Gasteiger partial charge in [0.2, 0.25) is 17.8 Å². The Balaban J connectivity index is 0.971. The van der Waals surface area contributed by atoms with Gasteiger partial charge in [-0.2, -0.15) is 4.98 Å². The molecular weight excluding hydrogens is 769 g/mol. The molecule has 3 aliphatic heterocycles. The molecule has 1 unspecified atom stereocenters. The van der Waals surface area contributed by atoms with Crippen molar-refractivity contribution in [3.8, 4) is 0 Å². The summed E-state index contributed by atoms with van der Waals surface area (Å²) < 4.78 is 21.1. The van der Waals surface area contributed by atoms with E-state index in [2.05, 4.69) is 37.6 Å². The molecule has 4 amide bonds. The van der Waals surface area contributed by atoms with Crippen molar-refractivity contribution in [3.63, 3.8) is 0 Å². The number of ether oxygens (including phenoxy) is 1. The van der Waals surface area contributed by atoms with E-state index in [9.17, 15) is 19.2 Å². The van der Waals surface area contributed by atoms with Crippen LogP contribution in [0.5, 0.6) is 0 Å². The van der Waals surface area contributed by atoms with E-state index in [0.717, 1.165) is 56.1 Å². The second kappa shape index (κ2) is 16.5. The minimum atomic E-state index is -0.611. The van der Waals surface area contributed by atoms with E-state index in [1.54, 1.807) is 15.9 Å². The number of fused-ring (bicyclic) bond motifs is 2. The Hall–Kier alpha value is -4.04. The fourth-order valence-electron chi connectivity index (χ4n) is 7.14. The molecule has 2 N–H and O–H groups in total. The molecule has 6 rings (SSSR count). The first kappa shape index (κ1) is 38.7. The number of aryl methyl sites for hydroxylation is 1. The van der Waals surface area contributed by atoms with Gasteiger partial charge in [-0.1, -0.05) is 49.4 Å². The highest BCUT2D eigenvalue weighted by Gasteiger charge is 2.39. The van der Waals surface area contributed by atoms with Crippen LogP contribution in [0.2, 0.25) is 5.02 Å². The van der Waals surface area contributed by atoms with Gasteiger partial charge >= 0.3 is 6.09 Å². The smallest absolute Gasteiger partial charge is 0.410 e. The predicted molar refractivity (Wildman–Crippen MR) is 205 cm³/mol. The van der Waals surface area contributed by atoms with E-state index in [-0.39, 0.29) is 39.3 Å². The zero-order chi connectivity index (χ0) is 37.9. The molecule has 2 fully saturated rings. The first-order valence-corrected chi connectivity index (χ1v) is 19.5. The van der Waals surface area contributed by atoms with Crippen LogP contribution >= 0.6 is 27.5 Å². The highest BCUT2D eigenvalue weighted by Crippen LogP contribution is 2.36. The number of nitrogens with zero attached hydrogens (tertiary/aromatic N) is 5. The Morgan fingerprint density at radius 3 is 2.49 bits per heavy atom. The van der Waals surface area contributed by atoms with Gasteiger partial charge in [0.15, 0.2) is 5.82 Å². The molecule has 3 aliphatic rings. The van der Waals surface area contributed by atoms with Gasteiger partial charge in [0, 0.05) is 56.6 Å². The maximum atomic E-state index is 15.4. The quantitative estimate of drug-likeness (QED) is 0.113. The molecule has 1 aromatic heterocycles. The van der Waals surface area contributed by atoms with Gasteiger partial charge in [0.25, 0.3) is 5.91 Å². The van der Waals surface area contributed by atoms with Gasteiger partial charge in [-0.3, -0.25) is 19.7 Å². The van der Waals surface area contributed by atoms with Gasteiger partial charge in [-0.15, -0.1) is 0 Å². The number of anilines is 2. The summed E-state index contributed by atoms with van der Waals surface area (Å²) in [6.45, 7) is 8.40. The first-order chi connectivity index (χ1) is 25.3. The van der Waals surface area contributed by atoms with E-state index in [1.807, 2.05) is 37.8 Å². The predicted octanol–water partition coefficient (Wildman–Crippen LogP) is 7.00. The molecule has 12 nitrogen and oxygen atoms in total. The number of nitrogens with one attached hydrogen (secondary N) is 2. The lowest BCUT2D eigenvalue weighted by Crippen LogP contribution is -2.52. The van der Waals surface area contributed by atoms with Crippen molar-refractivity contribution in [3.05, 3.63) is 56.3 Å². The summed E-state index contributed by atoms with van der Waals surface area (Å²) in [7, 11) is 0. The van der Waals surface area contributed by atoms with E-state index < -0.39 is 23.4 Å². The fourth-order valence-corrected chi connectivity index (χ4v) is 7.63. The number of hydrogen-bond acceptors (Lipinski definition) is 9. The fraction of sp³-hybridized carbons (Fsp3) is 0.526. The summed E-state index contributed by atoms with van der Waals surface area (Å²) >= 11 is 9.60. The van der Waals surface area contributed by atoms with Gasteiger partial charge in [-0.25, -0.2) is 14.2 Å². The van der Waals surface area contributed by atoms with Crippen LogP contribution in [0.4, 0.5) is 21.0 Å². The number of imide groups is 1. The van der Waals surface area contributed by atoms with Crippen molar-refractivity contribution in [2.24, 2.45) is 0 Å². The normalized spacial score (nSPS) is 17.7. The summed E-state index contributed by atoms with van der Waals surface area (Å²) in [6, 6.07) is 6.86. The molecule has 0 aliphatic carbocycles. The molecule has 3 aromatic rings. The Bertz CT molecular complexity index is 1900. The second-order valence-electron chi connectivity index (χ2n) is 14.8. The Labute approximate surface area is 322 Å². The van der Waals surface area contributed by atoms with E-state index >= 15 is 4.39 Å². The number of unbranched alkanes of at least 4 members (excludes halogenated alkanes) is 5. The number of amides is 4. The molecule has 15 heteroatoms. The minimum Gasteiger partial charge on any atom is -0.444 e. The van der Waals surface area contributed by atoms with Crippen molar-refractivity contribution in [2.75, 3.05) is 42.9 Å². The van der Waals surface area contributed by atoms with Gasteiger partial charge in [-0.05, 0) is 85.6 Å². The molecule has 2 saturated heterocycles. The number of hydrogen-bond donors (Lipinski definition) is 2. The highest BCUT2D eigenvalue weighted by atomic mass is 79.9. The third kappa shape index (κ3) is 9.02. The third-order valence-corrected chi connectivity index (χ3v) is 11.2. The minimum absolute atomic E-state index is 0.143. The van der Waals surface area contributed by atoms with Crippen molar-refractivity contribution < 1.29 is 28.3 Å². The van der Waals surface area contributed by atoms with E-state index in [1.165, 1.54) is 0 Å². The van der Waals surface area contributed by atoms with Crippen molar-refractivity contribution in [1.82, 2.24) is 25.1 Å². The number of benzene rings is 2. The molecule has 2 aromatic carbocycles.